The molecule has 0 aliphatic heterocycles. The number of nitrogens with zero attached hydrogens (tertiary/aromatic N) is 5. The number of hydrogen-bond donors (Lipinski definition) is 0. The van der Waals surface area contributed by atoms with Gasteiger partial charge in [-0.3, -0.25) is 4.98 Å². The first kappa shape index (κ1) is 5.55. The summed E-state index contributed by atoms with van der Waals surface area (Å²) in [6.45, 7) is 0. The van der Waals surface area contributed by atoms with Gasteiger partial charge < -0.3 is 0 Å². The summed E-state index contributed by atoms with van der Waals surface area (Å²) in [6.07, 6.45) is 3.01. The molecule has 50 valence electrons. The molecule has 0 saturated carbocycles. The number of rotatable bonds is 0. The molecule has 0 fully saturated rings. The van der Waals surface area contributed by atoms with Gasteiger partial charge in [0, 0.05) is 0 Å². The molecule has 5 nitrogen and oxygen atoms in total. The van der Waals surface area contributed by atoms with Crippen molar-refractivity contribution in [3.63, 3.8) is 0 Å². The molecule has 0 atom stereocenters. The molecule has 0 radical (unpaired) electrons. The zero-order valence-electron chi connectivity index (χ0n) is 4.77. The van der Waals surface area contributed by atoms with E-state index in [0.717, 1.165) is 0 Å². The predicted molar refractivity (Wildman–Crippen MR) is 33.6 cm³/mol. The van der Waals surface area contributed by atoms with Crippen molar-refractivity contribution < 1.29 is 0 Å². The van der Waals surface area contributed by atoms with Crippen LogP contribution >= 0.6 is 11.6 Å². The normalized spacial score (nSPS) is 10.5. The number of halogens is 1. The largest absolute Gasteiger partial charge is 0.257 e. The van der Waals surface area contributed by atoms with E-state index in [4.69, 9.17) is 11.6 Å². The van der Waals surface area contributed by atoms with Crippen molar-refractivity contribution in [2.24, 2.45) is 0 Å². The lowest BCUT2D eigenvalue weighted by Gasteiger charge is -1.88. The van der Waals surface area contributed by atoms with Crippen LogP contribution in [-0.2, 0) is 0 Å². The van der Waals surface area contributed by atoms with Gasteiger partial charge >= 0.3 is 0 Å². The molecule has 2 heterocycles. The highest BCUT2D eigenvalue weighted by Crippen LogP contribution is 2.04. The van der Waals surface area contributed by atoms with Crippen molar-refractivity contribution in [1.82, 2.24) is 25.0 Å². The number of fused-ring (bicyclic) bond motifs is 1. The van der Waals surface area contributed by atoms with Crippen LogP contribution in [0.5, 0.6) is 0 Å². The van der Waals surface area contributed by atoms with E-state index in [9.17, 15) is 0 Å². The highest BCUT2D eigenvalue weighted by Gasteiger charge is 1.98. The third-order valence-corrected chi connectivity index (χ3v) is 1.32. The molecule has 0 N–H and O–H groups in total. The Morgan fingerprint density at radius 2 is 2.30 bits per heavy atom. The topological polar surface area (TPSA) is 56.0 Å². The van der Waals surface area contributed by atoms with Crippen LogP contribution in [0.15, 0.2) is 12.4 Å². The molecule has 0 aliphatic rings. The highest BCUT2D eigenvalue weighted by molar-refractivity contribution is 6.29. The van der Waals surface area contributed by atoms with Gasteiger partial charge in [0.05, 0.1) is 12.4 Å². The third-order valence-electron chi connectivity index (χ3n) is 1.07. The standard InChI is InChI=1S/C4H2ClN5/c5-3-1-6-2-4-7-8-9-10(3)4/h1-2H. The molecule has 2 aromatic rings. The summed E-state index contributed by atoms with van der Waals surface area (Å²) in [4.78, 5) is 3.79. The maximum absolute atomic E-state index is 5.66. The van der Waals surface area contributed by atoms with E-state index in [0.29, 0.717) is 10.8 Å². The summed E-state index contributed by atoms with van der Waals surface area (Å²) < 4.78 is 1.40. The minimum absolute atomic E-state index is 0.405. The Morgan fingerprint density at radius 1 is 1.40 bits per heavy atom. The summed E-state index contributed by atoms with van der Waals surface area (Å²) in [5.74, 6) is 0. The van der Waals surface area contributed by atoms with Crippen molar-refractivity contribution in [3.8, 4) is 0 Å². The summed E-state index contributed by atoms with van der Waals surface area (Å²) in [5.41, 5.74) is 0.549. The lowest BCUT2D eigenvalue weighted by atomic mass is 10.7. The first-order valence-electron chi connectivity index (χ1n) is 2.55. The Labute approximate surface area is 60.6 Å². The molecular weight excluding hydrogens is 154 g/mol. The Bertz CT molecular complexity index is 355. The van der Waals surface area contributed by atoms with Crippen LogP contribution in [0.25, 0.3) is 5.65 Å². The van der Waals surface area contributed by atoms with E-state index in [2.05, 4.69) is 20.5 Å². The number of aromatic nitrogens is 5. The van der Waals surface area contributed by atoms with Gasteiger partial charge in [0.1, 0.15) is 0 Å². The van der Waals surface area contributed by atoms with E-state index in [1.165, 1.54) is 16.9 Å². The second-order valence-electron chi connectivity index (χ2n) is 1.68. The van der Waals surface area contributed by atoms with Gasteiger partial charge in [-0.1, -0.05) is 11.6 Å². The fraction of sp³-hybridized carbons (Fsp3) is 0. The molecule has 2 rings (SSSR count). The molecule has 10 heavy (non-hydrogen) atoms. The smallest absolute Gasteiger partial charge is 0.199 e. The van der Waals surface area contributed by atoms with Crippen molar-refractivity contribution in [1.29, 1.82) is 0 Å². The van der Waals surface area contributed by atoms with Crippen molar-refractivity contribution in [2.75, 3.05) is 0 Å². The van der Waals surface area contributed by atoms with E-state index >= 15 is 0 Å². The Hall–Kier alpha value is -1.23. The minimum Gasteiger partial charge on any atom is -0.257 e. The Morgan fingerprint density at radius 3 is 3.10 bits per heavy atom. The zero-order chi connectivity index (χ0) is 6.97. The zero-order valence-corrected chi connectivity index (χ0v) is 5.52. The molecule has 0 aromatic carbocycles. The quantitative estimate of drug-likeness (QED) is 0.544. The number of hydrogen-bond acceptors (Lipinski definition) is 4. The Balaban J connectivity index is 2.95. The van der Waals surface area contributed by atoms with Crippen molar-refractivity contribution >= 4 is 17.2 Å². The molecular formula is C4H2ClN5. The average molecular weight is 156 g/mol. The summed E-state index contributed by atoms with van der Waals surface area (Å²) in [5, 5.41) is 11.0. The van der Waals surface area contributed by atoms with Crippen LogP contribution in [0.1, 0.15) is 0 Å². The van der Waals surface area contributed by atoms with Gasteiger partial charge in [0.2, 0.25) is 0 Å². The van der Waals surface area contributed by atoms with E-state index < -0.39 is 0 Å². The van der Waals surface area contributed by atoms with Gasteiger partial charge in [-0.05, 0) is 10.4 Å². The van der Waals surface area contributed by atoms with Crippen LogP contribution < -0.4 is 0 Å². The predicted octanol–water partition coefficient (Wildman–Crippen LogP) is 0.173. The average Bonchev–Trinajstić information content (AvgIpc) is 2.36. The van der Waals surface area contributed by atoms with Gasteiger partial charge in [0.15, 0.2) is 10.8 Å². The van der Waals surface area contributed by atoms with Crippen molar-refractivity contribution in [3.05, 3.63) is 17.5 Å². The monoisotopic (exact) mass is 155 g/mol. The van der Waals surface area contributed by atoms with Crippen LogP contribution in [0.3, 0.4) is 0 Å². The molecule has 6 heteroatoms. The molecule has 0 aliphatic carbocycles. The maximum atomic E-state index is 5.66. The van der Waals surface area contributed by atoms with E-state index in [1.54, 1.807) is 0 Å². The van der Waals surface area contributed by atoms with Crippen LogP contribution in [-0.4, -0.2) is 25.0 Å². The molecule has 0 saturated heterocycles. The van der Waals surface area contributed by atoms with Crippen molar-refractivity contribution in [2.45, 2.75) is 0 Å². The fourth-order valence-electron chi connectivity index (χ4n) is 0.647. The van der Waals surface area contributed by atoms with Crippen LogP contribution in [0, 0.1) is 0 Å². The molecule has 2 aromatic heterocycles. The molecule has 0 amide bonds. The summed E-state index contributed by atoms with van der Waals surface area (Å²) >= 11 is 5.66. The molecule has 0 spiro atoms. The fourth-order valence-corrected chi connectivity index (χ4v) is 0.824. The van der Waals surface area contributed by atoms with Gasteiger partial charge in [-0.25, -0.2) is 0 Å². The highest BCUT2D eigenvalue weighted by atomic mass is 35.5. The first-order valence-corrected chi connectivity index (χ1v) is 2.93. The Kier molecular flexibility index (Phi) is 1.04. The van der Waals surface area contributed by atoms with E-state index in [-0.39, 0.29) is 0 Å². The minimum atomic E-state index is 0.405. The van der Waals surface area contributed by atoms with E-state index in [1.807, 2.05) is 0 Å². The molecule has 0 unspecified atom stereocenters. The number of tetrazole rings is 1. The summed E-state index contributed by atoms with van der Waals surface area (Å²) in [7, 11) is 0. The maximum Gasteiger partial charge on any atom is 0.199 e. The van der Waals surface area contributed by atoms with Crippen LogP contribution in [0.4, 0.5) is 0 Å². The second kappa shape index (κ2) is 1.88. The lowest BCUT2D eigenvalue weighted by Crippen LogP contribution is -1.89. The first-order chi connectivity index (χ1) is 4.88. The second-order valence-corrected chi connectivity index (χ2v) is 2.07. The SMILES string of the molecule is Clc1cncc2nnnn12. The van der Waals surface area contributed by atoms with Gasteiger partial charge in [0.25, 0.3) is 0 Å². The molecule has 0 bridgehead atoms. The third kappa shape index (κ3) is 0.640. The lowest BCUT2D eigenvalue weighted by molar-refractivity contribution is 0.821. The van der Waals surface area contributed by atoms with Gasteiger partial charge in [-0.2, -0.15) is 4.52 Å². The summed E-state index contributed by atoms with van der Waals surface area (Å²) in [6, 6.07) is 0. The van der Waals surface area contributed by atoms with Crippen LogP contribution in [0.2, 0.25) is 5.15 Å². The van der Waals surface area contributed by atoms with Gasteiger partial charge in [-0.15, -0.1) is 5.10 Å².